The van der Waals surface area contributed by atoms with Crippen LogP contribution in [0.15, 0.2) is 18.2 Å². The first kappa shape index (κ1) is 12.2. The lowest BCUT2D eigenvalue weighted by molar-refractivity contribution is 0.294. The van der Waals surface area contributed by atoms with Crippen LogP contribution >= 0.6 is 0 Å². The normalized spacial score (nSPS) is 28.7. The molecule has 17 heavy (non-hydrogen) atoms. The van der Waals surface area contributed by atoms with Crippen molar-refractivity contribution in [3.05, 3.63) is 34.9 Å². The third kappa shape index (κ3) is 2.36. The van der Waals surface area contributed by atoms with Crippen molar-refractivity contribution in [2.45, 2.75) is 51.9 Å². The number of aryl methyl sites for hydroxylation is 2. The molecule has 0 aliphatic heterocycles. The fourth-order valence-electron chi connectivity index (χ4n) is 2.97. The summed E-state index contributed by atoms with van der Waals surface area (Å²) in [6, 6.07) is 9.19. The first-order valence-corrected chi connectivity index (χ1v) is 6.56. The molecule has 0 radical (unpaired) electrons. The first-order valence-electron chi connectivity index (χ1n) is 6.56. The van der Waals surface area contributed by atoms with Crippen molar-refractivity contribution in [2.24, 2.45) is 5.92 Å². The molecule has 0 heterocycles. The van der Waals surface area contributed by atoms with Crippen LogP contribution in [0.2, 0.25) is 0 Å². The van der Waals surface area contributed by atoms with Gasteiger partial charge in [0.2, 0.25) is 0 Å². The monoisotopic (exact) mass is 227 g/mol. The lowest BCUT2D eigenvalue weighted by Crippen LogP contribution is -2.29. The van der Waals surface area contributed by atoms with Crippen LogP contribution in [0.25, 0.3) is 0 Å². The Labute approximate surface area is 104 Å². The molecule has 0 bridgehead atoms. The maximum Gasteiger partial charge on any atom is 0.0822 e. The van der Waals surface area contributed by atoms with Crippen molar-refractivity contribution in [2.75, 3.05) is 0 Å². The summed E-state index contributed by atoms with van der Waals surface area (Å²) < 4.78 is 0. The molecular formula is C16H21N. The van der Waals surface area contributed by atoms with E-state index < -0.39 is 0 Å². The van der Waals surface area contributed by atoms with Crippen molar-refractivity contribution in [1.29, 1.82) is 5.26 Å². The SMILES string of the molecule is Cc1cc(C)cc(C2(C#N)CCC(C)CC2)c1. The van der Waals surface area contributed by atoms with E-state index in [0.717, 1.165) is 18.8 Å². The van der Waals surface area contributed by atoms with Crippen LogP contribution in [0.4, 0.5) is 0 Å². The van der Waals surface area contributed by atoms with E-state index in [4.69, 9.17) is 0 Å². The van der Waals surface area contributed by atoms with E-state index in [1.54, 1.807) is 0 Å². The molecule has 1 nitrogen and oxygen atoms in total. The van der Waals surface area contributed by atoms with Crippen LogP contribution in [0.3, 0.4) is 0 Å². The van der Waals surface area contributed by atoms with Crippen molar-refractivity contribution >= 4 is 0 Å². The third-order valence-corrected chi connectivity index (χ3v) is 4.12. The summed E-state index contributed by atoms with van der Waals surface area (Å²) in [5, 5.41) is 9.61. The Morgan fingerprint density at radius 1 is 1.12 bits per heavy atom. The highest BCUT2D eigenvalue weighted by atomic mass is 14.4. The Bertz CT molecular complexity index is 425. The lowest BCUT2D eigenvalue weighted by atomic mass is 9.67. The summed E-state index contributed by atoms with van der Waals surface area (Å²) in [5.41, 5.74) is 3.56. The molecule has 0 unspecified atom stereocenters. The quantitative estimate of drug-likeness (QED) is 0.702. The van der Waals surface area contributed by atoms with E-state index in [1.807, 2.05) is 0 Å². The summed E-state index contributed by atoms with van der Waals surface area (Å²) in [5.74, 6) is 0.780. The Morgan fingerprint density at radius 3 is 2.12 bits per heavy atom. The van der Waals surface area contributed by atoms with Gasteiger partial charge in [0.05, 0.1) is 11.5 Å². The summed E-state index contributed by atoms with van der Waals surface area (Å²) in [4.78, 5) is 0. The Hall–Kier alpha value is -1.29. The molecule has 0 atom stereocenters. The van der Waals surface area contributed by atoms with Gasteiger partial charge in [-0.25, -0.2) is 0 Å². The van der Waals surface area contributed by atoms with Gasteiger partial charge in [0.1, 0.15) is 0 Å². The second-order valence-corrected chi connectivity index (χ2v) is 5.75. The molecule has 1 fully saturated rings. The van der Waals surface area contributed by atoms with Gasteiger partial charge in [-0.05, 0) is 51.0 Å². The molecule has 0 N–H and O–H groups in total. The van der Waals surface area contributed by atoms with Crippen molar-refractivity contribution < 1.29 is 0 Å². The molecule has 1 aliphatic carbocycles. The average molecular weight is 227 g/mol. The highest BCUT2D eigenvalue weighted by Crippen LogP contribution is 2.41. The van der Waals surface area contributed by atoms with Crippen molar-refractivity contribution in [3.63, 3.8) is 0 Å². The maximum absolute atomic E-state index is 9.61. The summed E-state index contributed by atoms with van der Waals surface area (Å²) in [7, 11) is 0. The van der Waals surface area contributed by atoms with E-state index in [-0.39, 0.29) is 5.41 Å². The standard InChI is InChI=1S/C16H21N/c1-12-4-6-16(11-17,7-5-12)15-9-13(2)8-14(3)10-15/h8-10,12H,4-7H2,1-3H3. The number of hydrogen-bond acceptors (Lipinski definition) is 1. The van der Waals surface area contributed by atoms with Crippen molar-refractivity contribution in [3.8, 4) is 6.07 Å². The van der Waals surface area contributed by atoms with Gasteiger partial charge in [-0.1, -0.05) is 36.2 Å². The Morgan fingerprint density at radius 2 is 1.65 bits per heavy atom. The lowest BCUT2D eigenvalue weighted by Gasteiger charge is -2.34. The molecule has 0 aromatic heterocycles. The number of nitriles is 1. The van der Waals surface area contributed by atoms with Crippen molar-refractivity contribution in [1.82, 2.24) is 0 Å². The second-order valence-electron chi connectivity index (χ2n) is 5.75. The minimum Gasteiger partial charge on any atom is -0.197 e. The van der Waals surface area contributed by atoms with Gasteiger partial charge in [0, 0.05) is 0 Å². The van der Waals surface area contributed by atoms with Crippen LogP contribution < -0.4 is 0 Å². The van der Waals surface area contributed by atoms with E-state index in [1.165, 1.54) is 29.5 Å². The highest BCUT2D eigenvalue weighted by molar-refractivity contribution is 5.38. The molecule has 0 amide bonds. The minimum atomic E-state index is -0.219. The van der Waals surface area contributed by atoms with Gasteiger partial charge in [-0.2, -0.15) is 5.26 Å². The molecular weight excluding hydrogens is 206 g/mol. The van der Waals surface area contributed by atoms with Crippen LogP contribution in [0, 0.1) is 31.1 Å². The molecule has 0 spiro atoms. The largest absolute Gasteiger partial charge is 0.197 e. The molecule has 1 saturated carbocycles. The summed E-state index contributed by atoms with van der Waals surface area (Å²) in [6.45, 7) is 6.53. The zero-order chi connectivity index (χ0) is 12.5. The van der Waals surface area contributed by atoms with Gasteiger partial charge in [0.15, 0.2) is 0 Å². The number of benzene rings is 1. The van der Waals surface area contributed by atoms with Gasteiger partial charge >= 0.3 is 0 Å². The van der Waals surface area contributed by atoms with E-state index in [0.29, 0.717) is 0 Å². The number of rotatable bonds is 1. The van der Waals surface area contributed by atoms with Crippen LogP contribution in [-0.4, -0.2) is 0 Å². The molecule has 2 rings (SSSR count). The molecule has 1 heteroatoms. The van der Waals surface area contributed by atoms with Crippen LogP contribution in [0.1, 0.15) is 49.3 Å². The van der Waals surface area contributed by atoms with Gasteiger partial charge in [0.25, 0.3) is 0 Å². The highest BCUT2D eigenvalue weighted by Gasteiger charge is 2.36. The van der Waals surface area contributed by atoms with E-state index >= 15 is 0 Å². The van der Waals surface area contributed by atoms with Crippen LogP contribution in [0.5, 0.6) is 0 Å². The minimum absolute atomic E-state index is 0.219. The third-order valence-electron chi connectivity index (χ3n) is 4.12. The molecule has 1 aliphatic rings. The smallest absolute Gasteiger partial charge is 0.0822 e. The topological polar surface area (TPSA) is 23.8 Å². The predicted octanol–water partition coefficient (Wildman–Crippen LogP) is 4.27. The van der Waals surface area contributed by atoms with Gasteiger partial charge < -0.3 is 0 Å². The van der Waals surface area contributed by atoms with Gasteiger partial charge in [-0.3, -0.25) is 0 Å². The zero-order valence-corrected chi connectivity index (χ0v) is 11.1. The van der Waals surface area contributed by atoms with E-state index in [9.17, 15) is 5.26 Å². The second kappa shape index (κ2) is 4.53. The zero-order valence-electron chi connectivity index (χ0n) is 11.1. The first-order chi connectivity index (χ1) is 8.05. The molecule has 0 saturated heterocycles. The summed E-state index contributed by atoms with van der Waals surface area (Å²) in [6.07, 6.45) is 4.40. The predicted molar refractivity (Wildman–Crippen MR) is 70.8 cm³/mol. The molecule has 1 aromatic rings. The Balaban J connectivity index is 2.38. The molecule has 90 valence electrons. The fraction of sp³-hybridized carbons (Fsp3) is 0.562. The van der Waals surface area contributed by atoms with Gasteiger partial charge in [-0.15, -0.1) is 0 Å². The fourth-order valence-corrected chi connectivity index (χ4v) is 2.97. The Kier molecular flexibility index (Phi) is 3.24. The maximum atomic E-state index is 9.61. The summed E-state index contributed by atoms with van der Waals surface area (Å²) >= 11 is 0. The van der Waals surface area contributed by atoms with Crippen LogP contribution in [-0.2, 0) is 5.41 Å². The number of nitrogens with zero attached hydrogens (tertiary/aromatic N) is 1. The molecule has 1 aromatic carbocycles. The van der Waals surface area contributed by atoms with E-state index in [2.05, 4.69) is 45.0 Å². The average Bonchev–Trinajstić information content (AvgIpc) is 2.29. The number of hydrogen-bond donors (Lipinski definition) is 0.